The smallest absolute Gasteiger partial charge is 0.226 e. The number of fused-ring (bicyclic) bond motifs is 2. The molecule has 0 spiro atoms. The van der Waals surface area contributed by atoms with Crippen LogP contribution < -0.4 is 5.32 Å². The van der Waals surface area contributed by atoms with Crippen molar-refractivity contribution in [2.75, 3.05) is 19.6 Å². The number of hydrogen-bond acceptors (Lipinski definition) is 4. The largest absolute Gasteiger partial charge is 0.356 e. The van der Waals surface area contributed by atoms with Gasteiger partial charge in [-0.05, 0) is 48.8 Å². The van der Waals surface area contributed by atoms with Gasteiger partial charge in [-0.2, -0.15) is 4.31 Å². The van der Waals surface area contributed by atoms with Crippen LogP contribution in [-0.4, -0.2) is 55.1 Å². The third-order valence-electron chi connectivity index (χ3n) is 8.18. The Morgan fingerprint density at radius 3 is 2.43 bits per heavy atom. The lowest BCUT2D eigenvalue weighted by Gasteiger charge is -2.32. The molecule has 3 aliphatic rings. The molecule has 1 aliphatic carbocycles. The van der Waals surface area contributed by atoms with Crippen LogP contribution >= 0.6 is 0 Å². The van der Waals surface area contributed by atoms with Gasteiger partial charge in [-0.3, -0.25) is 9.59 Å². The van der Waals surface area contributed by atoms with E-state index in [1.54, 1.807) is 4.31 Å². The molecule has 1 saturated carbocycles. The van der Waals surface area contributed by atoms with E-state index in [9.17, 15) is 18.0 Å². The molecule has 198 valence electrons. The first-order valence-corrected chi connectivity index (χ1v) is 15.2. The molecule has 1 N–H and O–H groups in total. The van der Waals surface area contributed by atoms with Crippen molar-refractivity contribution in [2.45, 2.75) is 63.3 Å². The van der Waals surface area contributed by atoms with Crippen molar-refractivity contribution in [1.29, 1.82) is 0 Å². The van der Waals surface area contributed by atoms with Gasteiger partial charge in [-0.25, -0.2) is 8.42 Å². The van der Waals surface area contributed by atoms with E-state index in [1.165, 1.54) is 11.1 Å². The fourth-order valence-corrected chi connectivity index (χ4v) is 8.06. The second kappa shape index (κ2) is 11.4. The monoisotopic (exact) mass is 523 g/mol. The predicted octanol–water partition coefficient (Wildman–Crippen LogP) is 3.49. The van der Waals surface area contributed by atoms with Gasteiger partial charge in [-0.1, -0.05) is 67.4 Å². The number of hydrogen-bond donors (Lipinski definition) is 1. The van der Waals surface area contributed by atoms with Gasteiger partial charge in [0.2, 0.25) is 21.8 Å². The maximum atomic E-state index is 13.8. The fraction of sp³-hybridized carbons (Fsp3) is 0.517. The Kier molecular flexibility index (Phi) is 7.95. The summed E-state index contributed by atoms with van der Waals surface area (Å²) in [5, 5.41) is 3.04. The molecule has 37 heavy (non-hydrogen) atoms. The molecular weight excluding hydrogens is 486 g/mol. The van der Waals surface area contributed by atoms with E-state index >= 15 is 0 Å². The topological polar surface area (TPSA) is 86.8 Å². The lowest BCUT2D eigenvalue weighted by atomic mass is 9.97. The number of carbonyl (C=O) groups excluding carboxylic acids is 2. The molecule has 0 unspecified atom stereocenters. The molecule has 8 heteroatoms. The van der Waals surface area contributed by atoms with Crippen LogP contribution in [0.3, 0.4) is 0 Å². The molecule has 5 rings (SSSR count). The normalized spacial score (nSPS) is 25.5. The van der Waals surface area contributed by atoms with E-state index < -0.39 is 22.0 Å². The second-order valence-corrected chi connectivity index (χ2v) is 12.6. The number of nitrogens with one attached hydrogen (secondary N) is 1. The Balaban J connectivity index is 1.40. The number of benzene rings is 2. The predicted molar refractivity (Wildman–Crippen MR) is 143 cm³/mol. The van der Waals surface area contributed by atoms with E-state index in [1.807, 2.05) is 47.4 Å². The van der Waals surface area contributed by atoms with Gasteiger partial charge in [0.05, 0.1) is 11.7 Å². The Bertz CT molecular complexity index is 1220. The summed E-state index contributed by atoms with van der Waals surface area (Å²) in [5.41, 5.74) is 3.18. The van der Waals surface area contributed by atoms with Crippen LogP contribution in [0.5, 0.6) is 0 Å². The molecule has 0 bridgehead atoms. The summed E-state index contributed by atoms with van der Waals surface area (Å²) < 4.78 is 29.1. The van der Waals surface area contributed by atoms with Gasteiger partial charge in [-0.15, -0.1) is 0 Å². The van der Waals surface area contributed by atoms with Crippen molar-refractivity contribution in [3.05, 3.63) is 71.3 Å². The van der Waals surface area contributed by atoms with Gasteiger partial charge in [0.1, 0.15) is 0 Å². The highest BCUT2D eigenvalue weighted by molar-refractivity contribution is 7.88. The minimum atomic E-state index is -3.68. The summed E-state index contributed by atoms with van der Waals surface area (Å²) in [6, 6.07) is 16.9. The number of amides is 2. The standard InChI is InChI=1S/C29H37N3O4S/c33-28-26-18-25(29(34)31-17-14-23-12-6-7-13-24(23)20-31)19-27(26)32(16-9-2-1-8-15-30-28)37(35,36)21-22-10-4-3-5-11-22/h3-7,10-13,25-27H,1-2,8-9,14-21H2,(H,30,33)/t25-,26-,27+/m1/s1. The first kappa shape index (κ1) is 25.9. The van der Waals surface area contributed by atoms with E-state index in [0.29, 0.717) is 39.0 Å². The first-order chi connectivity index (χ1) is 17.9. The summed E-state index contributed by atoms with van der Waals surface area (Å²) in [6.45, 7) is 2.22. The van der Waals surface area contributed by atoms with Crippen LogP contribution in [0.15, 0.2) is 54.6 Å². The van der Waals surface area contributed by atoms with Gasteiger partial charge < -0.3 is 10.2 Å². The third-order valence-corrected chi connectivity index (χ3v) is 10.0. The summed E-state index contributed by atoms with van der Waals surface area (Å²) in [5.74, 6) is -1.05. The van der Waals surface area contributed by atoms with Gasteiger partial charge in [0.25, 0.3) is 0 Å². The molecule has 3 atom stereocenters. The molecule has 0 radical (unpaired) electrons. The van der Waals surface area contributed by atoms with Gasteiger partial charge >= 0.3 is 0 Å². The molecule has 2 aliphatic heterocycles. The van der Waals surface area contributed by atoms with E-state index in [-0.39, 0.29) is 23.5 Å². The lowest BCUT2D eigenvalue weighted by molar-refractivity contribution is -0.136. The minimum Gasteiger partial charge on any atom is -0.356 e. The zero-order valence-electron chi connectivity index (χ0n) is 21.3. The number of nitrogens with zero attached hydrogens (tertiary/aromatic N) is 2. The Hall–Kier alpha value is -2.71. The first-order valence-electron chi connectivity index (χ1n) is 13.6. The third kappa shape index (κ3) is 5.91. The second-order valence-electron chi connectivity index (χ2n) is 10.7. The number of sulfonamides is 1. The molecule has 1 saturated heterocycles. The van der Waals surface area contributed by atoms with Crippen molar-refractivity contribution in [3.63, 3.8) is 0 Å². The molecule has 7 nitrogen and oxygen atoms in total. The zero-order valence-corrected chi connectivity index (χ0v) is 22.2. The minimum absolute atomic E-state index is 0.0438. The van der Waals surface area contributed by atoms with Gasteiger partial charge in [0, 0.05) is 38.1 Å². The Labute approximate surface area is 220 Å². The summed E-state index contributed by atoms with van der Waals surface area (Å²) in [4.78, 5) is 28.9. The fourth-order valence-electron chi connectivity index (χ4n) is 6.23. The molecule has 2 amide bonds. The van der Waals surface area contributed by atoms with Crippen LogP contribution in [0, 0.1) is 11.8 Å². The molecule has 2 aromatic carbocycles. The zero-order chi connectivity index (χ0) is 25.8. The Morgan fingerprint density at radius 2 is 1.62 bits per heavy atom. The molecular formula is C29H37N3O4S. The molecule has 0 aromatic heterocycles. The summed E-state index contributed by atoms with van der Waals surface area (Å²) >= 11 is 0. The summed E-state index contributed by atoms with van der Waals surface area (Å²) in [6.07, 6.45) is 5.12. The van der Waals surface area contributed by atoms with Crippen LogP contribution in [-0.2, 0) is 38.3 Å². The van der Waals surface area contributed by atoms with E-state index in [4.69, 9.17) is 0 Å². The van der Waals surface area contributed by atoms with E-state index in [0.717, 1.165) is 37.7 Å². The van der Waals surface area contributed by atoms with Crippen molar-refractivity contribution in [2.24, 2.45) is 11.8 Å². The lowest BCUT2D eigenvalue weighted by Crippen LogP contribution is -2.47. The van der Waals surface area contributed by atoms with Crippen LogP contribution in [0.2, 0.25) is 0 Å². The Morgan fingerprint density at radius 1 is 0.892 bits per heavy atom. The molecule has 2 heterocycles. The van der Waals surface area contributed by atoms with E-state index in [2.05, 4.69) is 17.4 Å². The highest BCUT2D eigenvalue weighted by atomic mass is 32.2. The van der Waals surface area contributed by atoms with Gasteiger partial charge in [0.15, 0.2) is 0 Å². The number of rotatable bonds is 4. The highest BCUT2D eigenvalue weighted by Gasteiger charge is 2.48. The molecule has 2 aromatic rings. The maximum Gasteiger partial charge on any atom is 0.226 e. The number of carbonyl (C=O) groups is 2. The summed E-state index contributed by atoms with van der Waals surface area (Å²) in [7, 11) is -3.68. The molecule has 2 fully saturated rings. The van der Waals surface area contributed by atoms with Crippen molar-refractivity contribution < 1.29 is 18.0 Å². The van der Waals surface area contributed by atoms with Crippen molar-refractivity contribution in [3.8, 4) is 0 Å². The quantitative estimate of drug-likeness (QED) is 0.665. The SMILES string of the molecule is O=C1NCCCCCCN(S(=O)(=O)Cc2ccccc2)[C@H]2C[C@H](C(=O)N3CCc4ccccc4C3)C[C@@H]12. The maximum absolute atomic E-state index is 13.8. The average Bonchev–Trinajstić information content (AvgIpc) is 3.33. The van der Waals surface area contributed by atoms with Crippen LogP contribution in [0.25, 0.3) is 0 Å². The highest BCUT2D eigenvalue weighted by Crippen LogP contribution is 2.39. The van der Waals surface area contributed by atoms with Crippen LogP contribution in [0.4, 0.5) is 0 Å². The van der Waals surface area contributed by atoms with Crippen molar-refractivity contribution >= 4 is 21.8 Å². The average molecular weight is 524 g/mol. The van der Waals surface area contributed by atoms with Crippen molar-refractivity contribution in [1.82, 2.24) is 14.5 Å². The van der Waals surface area contributed by atoms with Crippen LogP contribution in [0.1, 0.15) is 55.2 Å².